The SMILES string of the molecule is CCOC(=O)c1c(C)cnn(Cc2ccc(SC)c(Cl)c2)c1=O. The zero-order chi connectivity index (χ0) is 17.0. The number of rotatable bonds is 5. The maximum atomic E-state index is 12.5. The first kappa shape index (κ1) is 17.6. The summed E-state index contributed by atoms with van der Waals surface area (Å²) in [6, 6.07) is 5.58. The summed E-state index contributed by atoms with van der Waals surface area (Å²) in [4.78, 5) is 25.4. The van der Waals surface area contributed by atoms with Crippen LogP contribution in [0, 0.1) is 6.92 Å². The summed E-state index contributed by atoms with van der Waals surface area (Å²) < 4.78 is 6.18. The Morgan fingerprint density at radius 2 is 2.17 bits per heavy atom. The first-order valence-corrected chi connectivity index (χ1v) is 8.64. The van der Waals surface area contributed by atoms with Gasteiger partial charge in [-0.1, -0.05) is 17.7 Å². The zero-order valence-electron chi connectivity index (χ0n) is 13.1. The Morgan fingerprint density at radius 1 is 1.43 bits per heavy atom. The summed E-state index contributed by atoms with van der Waals surface area (Å²) in [6.07, 6.45) is 3.43. The van der Waals surface area contributed by atoms with Crippen LogP contribution in [0.15, 0.2) is 34.1 Å². The minimum absolute atomic E-state index is 0.0219. The summed E-state index contributed by atoms with van der Waals surface area (Å²) in [6.45, 7) is 3.81. The van der Waals surface area contributed by atoms with Crippen LogP contribution in [0.2, 0.25) is 5.02 Å². The van der Waals surface area contributed by atoms with Crippen LogP contribution in [0.5, 0.6) is 0 Å². The number of thioether (sulfide) groups is 1. The van der Waals surface area contributed by atoms with Gasteiger partial charge in [0.1, 0.15) is 5.56 Å². The summed E-state index contributed by atoms with van der Waals surface area (Å²) in [5.74, 6) is -0.623. The van der Waals surface area contributed by atoms with Gasteiger partial charge in [0, 0.05) is 4.90 Å². The zero-order valence-corrected chi connectivity index (χ0v) is 14.7. The van der Waals surface area contributed by atoms with E-state index in [9.17, 15) is 9.59 Å². The van der Waals surface area contributed by atoms with E-state index in [0.29, 0.717) is 10.6 Å². The second-order valence-corrected chi connectivity index (χ2v) is 6.11. The number of aryl methyl sites for hydroxylation is 1. The topological polar surface area (TPSA) is 61.2 Å². The van der Waals surface area contributed by atoms with Crippen LogP contribution >= 0.6 is 23.4 Å². The number of esters is 1. The monoisotopic (exact) mass is 352 g/mol. The van der Waals surface area contributed by atoms with Crippen molar-refractivity contribution in [2.75, 3.05) is 12.9 Å². The highest BCUT2D eigenvalue weighted by atomic mass is 35.5. The highest BCUT2D eigenvalue weighted by Gasteiger charge is 2.18. The third-order valence-electron chi connectivity index (χ3n) is 3.26. The van der Waals surface area contributed by atoms with Crippen molar-refractivity contribution in [2.45, 2.75) is 25.3 Å². The van der Waals surface area contributed by atoms with Gasteiger partial charge >= 0.3 is 5.97 Å². The van der Waals surface area contributed by atoms with E-state index in [-0.39, 0.29) is 18.7 Å². The Bertz CT molecular complexity index is 789. The molecule has 0 saturated carbocycles. The van der Waals surface area contributed by atoms with Crippen LogP contribution in [-0.4, -0.2) is 28.6 Å². The van der Waals surface area contributed by atoms with Crippen LogP contribution in [0.25, 0.3) is 0 Å². The van der Waals surface area contributed by atoms with Gasteiger partial charge in [-0.25, -0.2) is 9.48 Å². The summed E-state index contributed by atoms with van der Waals surface area (Å²) in [7, 11) is 0. The average Bonchev–Trinajstić information content (AvgIpc) is 2.51. The van der Waals surface area contributed by atoms with Crippen LogP contribution in [0.4, 0.5) is 0 Å². The molecule has 0 atom stereocenters. The molecule has 122 valence electrons. The summed E-state index contributed by atoms with van der Waals surface area (Å²) in [5.41, 5.74) is 0.892. The number of benzene rings is 1. The molecule has 0 radical (unpaired) electrons. The molecule has 0 aliphatic carbocycles. The molecule has 0 aliphatic heterocycles. The molecule has 0 bridgehead atoms. The molecule has 1 aromatic carbocycles. The maximum absolute atomic E-state index is 12.5. The molecule has 7 heteroatoms. The van der Waals surface area contributed by atoms with Crippen molar-refractivity contribution in [1.82, 2.24) is 9.78 Å². The van der Waals surface area contributed by atoms with E-state index in [4.69, 9.17) is 16.3 Å². The highest BCUT2D eigenvalue weighted by Crippen LogP contribution is 2.26. The third kappa shape index (κ3) is 3.95. The average molecular weight is 353 g/mol. The number of hydrogen-bond acceptors (Lipinski definition) is 5. The smallest absolute Gasteiger partial charge is 0.344 e. The third-order valence-corrected chi connectivity index (χ3v) is 4.48. The molecule has 0 N–H and O–H groups in total. The van der Waals surface area contributed by atoms with Gasteiger partial charge in [0.2, 0.25) is 0 Å². The fourth-order valence-electron chi connectivity index (χ4n) is 2.12. The Hall–Kier alpha value is -1.79. The van der Waals surface area contributed by atoms with Gasteiger partial charge < -0.3 is 4.74 Å². The van der Waals surface area contributed by atoms with Crippen molar-refractivity contribution in [3.63, 3.8) is 0 Å². The van der Waals surface area contributed by atoms with Crippen LogP contribution in [0.3, 0.4) is 0 Å². The second kappa shape index (κ2) is 7.66. The number of carbonyl (C=O) groups excluding carboxylic acids is 1. The molecule has 2 aromatic rings. The number of nitrogens with zero attached hydrogens (tertiary/aromatic N) is 2. The summed E-state index contributed by atoms with van der Waals surface area (Å²) >= 11 is 7.73. The van der Waals surface area contributed by atoms with E-state index in [1.165, 1.54) is 10.9 Å². The van der Waals surface area contributed by atoms with E-state index in [2.05, 4.69) is 5.10 Å². The predicted octanol–water partition coefficient (Wildman–Crippen LogP) is 3.15. The number of halogens is 1. The number of aromatic nitrogens is 2. The number of hydrogen-bond donors (Lipinski definition) is 0. The van der Waals surface area contributed by atoms with Crippen LogP contribution in [-0.2, 0) is 11.3 Å². The van der Waals surface area contributed by atoms with Crippen molar-refractivity contribution < 1.29 is 9.53 Å². The Morgan fingerprint density at radius 3 is 2.78 bits per heavy atom. The maximum Gasteiger partial charge on any atom is 0.344 e. The van der Waals surface area contributed by atoms with Gasteiger partial charge in [0.15, 0.2) is 0 Å². The van der Waals surface area contributed by atoms with Crippen LogP contribution in [0.1, 0.15) is 28.4 Å². The lowest BCUT2D eigenvalue weighted by molar-refractivity contribution is 0.0522. The van der Waals surface area contributed by atoms with E-state index in [1.54, 1.807) is 31.7 Å². The lowest BCUT2D eigenvalue weighted by Crippen LogP contribution is -2.30. The molecule has 0 aliphatic rings. The largest absolute Gasteiger partial charge is 0.462 e. The molecule has 23 heavy (non-hydrogen) atoms. The molecule has 0 spiro atoms. The van der Waals surface area contributed by atoms with Crippen molar-refractivity contribution in [2.24, 2.45) is 0 Å². The second-order valence-electron chi connectivity index (χ2n) is 4.85. The molecule has 1 heterocycles. The quantitative estimate of drug-likeness (QED) is 0.611. The van der Waals surface area contributed by atoms with Gasteiger partial charge in [-0.15, -0.1) is 11.8 Å². The van der Waals surface area contributed by atoms with E-state index >= 15 is 0 Å². The Labute approximate surface area is 143 Å². The molecule has 0 saturated heterocycles. The van der Waals surface area contributed by atoms with E-state index in [0.717, 1.165) is 10.5 Å². The fraction of sp³-hybridized carbons (Fsp3) is 0.312. The minimum atomic E-state index is -0.623. The molecule has 0 amide bonds. The van der Waals surface area contributed by atoms with E-state index < -0.39 is 11.5 Å². The highest BCUT2D eigenvalue weighted by molar-refractivity contribution is 7.98. The van der Waals surface area contributed by atoms with Crippen molar-refractivity contribution in [3.05, 3.63) is 56.5 Å². The first-order chi connectivity index (χ1) is 11.0. The Kier molecular flexibility index (Phi) is 5.85. The predicted molar refractivity (Wildman–Crippen MR) is 91.5 cm³/mol. The van der Waals surface area contributed by atoms with Gasteiger partial charge in [0.25, 0.3) is 5.56 Å². The summed E-state index contributed by atoms with van der Waals surface area (Å²) in [5, 5.41) is 4.72. The molecular weight excluding hydrogens is 336 g/mol. The van der Waals surface area contributed by atoms with Crippen LogP contribution < -0.4 is 5.56 Å². The molecule has 2 rings (SSSR count). The molecule has 0 unspecified atom stereocenters. The molecular formula is C16H17ClN2O3S. The number of carbonyl (C=O) groups is 1. The first-order valence-electron chi connectivity index (χ1n) is 7.04. The lowest BCUT2D eigenvalue weighted by atomic mass is 10.2. The lowest BCUT2D eigenvalue weighted by Gasteiger charge is -2.10. The number of ether oxygens (including phenoxy) is 1. The van der Waals surface area contributed by atoms with E-state index in [1.807, 2.05) is 18.4 Å². The molecule has 1 aromatic heterocycles. The van der Waals surface area contributed by atoms with Gasteiger partial charge in [-0.3, -0.25) is 4.79 Å². The van der Waals surface area contributed by atoms with Gasteiger partial charge in [-0.2, -0.15) is 5.10 Å². The molecule has 5 nitrogen and oxygen atoms in total. The normalized spacial score (nSPS) is 10.6. The standard InChI is InChI=1S/C16H17ClN2O3S/c1-4-22-16(21)14-10(2)8-18-19(15(14)20)9-11-5-6-13(23-3)12(17)7-11/h5-8H,4,9H2,1-3H3. The molecule has 0 fully saturated rings. The van der Waals surface area contributed by atoms with Gasteiger partial charge in [0.05, 0.1) is 24.4 Å². The minimum Gasteiger partial charge on any atom is -0.462 e. The van der Waals surface area contributed by atoms with Gasteiger partial charge in [-0.05, 0) is 43.4 Å². The van der Waals surface area contributed by atoms with Crippen molar-refractivity contribution in [3.8, 4) is 0 Å². The van der Waals surface area contributed by atoms with Crippen molar-refractivity contribution >= 4 is 29.3 Å². The van der Waals surface area contributed by atoms with Crippen molar-refractivity contribution in [1.29, 1.82) is 0 Å². The Balaban J connectivity index is 2.38. The fourth-order valence-corrected chi connectivity index (χ4v) is 3.01.